The molecule has 0 unspecified atom stereocenters. The molecule has 1 N–H and O–H groups in total. The summed E-state index contributed by atoms with van der Waals surface area (Å²) < 4.78 is 41.4. The van der Waals surface area contributed by atoms with Crippen molar-refractivity contribution in [3.05, 3.63) is 83.3 Å². The molecule has 2 aromatic rings. The third-order valence-corrected chi connectivity index (χ3v) is 3.66. The van der Waals surface area contributed by atoms with Crippen LogP contribution in [0.15, 0.2) is 54.7 Å². The van der Waals surface area contributed by atoms with Gasteiger partial charge in [0.05, 0.1) is 11.3 Å². The average molecular weight is 301 g/mol. The summed E-state index contributed by atoms with van der Waals surface area (Å²) in [7, 11) is 0. The first kappa shape index (κ1) is 14.4. The van der Waals surface area contributed by atoms with Crippen molar-refractivity contribution in [2.75, 3.05) is 0 Å². The van der Waals surface area contributed by atoms with Crippen LogP contribution in [-0.2, 0) is 0 Å². The fraction of sp³-hybridized carbons (Fsp3) is 0.111. The zero-order valence-electron chi connectivity index (χ0n) is 11.8. The first-order chi connectivity index (χ1) is 10.6. The third-order valence-electron chi connectivity index (χ3n) is 3.66. The molecule has 0 fully saturated rings. The Hall–Kier alpha value is -2.49. The number of halogens is 3. The monoisotopic (exact) mass is 301 g/mol. The first-order valence-corrected chi connectivity index (χ1v) is 6.94. The molecule has 0 saturated heterocycles. The molecule has 0 spiro atoms. The maximum Gasteiger partial charge on any atom is 0.138 e. The molecule has 0 saturated carbocycles. The van der Waals surface area contributed by atoms with Crippen LogP contribution in [0.2, 0.25) is 0 Å². The highest BCUT2D eigenvalue weighted by atomic mass is 19.1. The average Bonchev–Trinajstić information content (AvgIpc) is 2.47. The lowest BCUT2D eigenvalue weighted by atomic mass is 9.91. The number of hydrogen-bond donors (Lipinski definition) is 1. The molecule has 0 amide bonds. The third kappa shape index (κ3) is 2.64. The van der Waals surface area contributed by atoms with E-state index in [1.807, 2.05) is 30.3 Å². The van der Waals surface area contributed by atoms with E-state index < -0.39 is 17.5 Å². The van der Waals surface area contributed by atoms with E-state index in [2.05, 4.69) is 11.9 Å². The first-order valence-electron chi connectivity index (χ1n) is 6.94. The zero-order chi connectivity index (χ0) is 15.7. The van der Waals surface area contributed by atoms with Gasteiger partial charge in [-0.3, -0.25) is 0 Å². The van der Waals surface area contributed by atoms with Crippen LogP contribution in [0, 0.1) is 17.5 Å². The molecule has 2 aromatic carbocycles. The Bertz CT molecular complexity index is 740. The smallest absolute Gasteiger partial charge is 0.138 e. The predicted molar refractivity (Wildman–Crippen MR) is 81.1 cm³/mol. The van der Waals surface area contributed by atoms with Crippen molar-refractivity contribution < 1.29 is 13.2 Å². The number of benzene rings is 2. The van der Waals surface area contributed by atoms with E-state index in [-0.39, 0.29) is 5.56 Å². The van der Waals surface area contributed by atoms with Gasteiger partial charge in [-0.05, 0) is 24.0 Å². The van der Waals surface area contributed by atoms with Gasteiger partial charge >= 0.3 is 0 Å². The topological polar surface area (TPSA) is 12.0 Å². The molecule has 0 aromatic heterocycles. The van der Waals surface area contributed by atoms with Crippen molar-refractivity contribution in [1.29, 1.82) is 0 Å². The molecule has 0 atom stereocenters. The minimum Gasteiger partial charge on any atom is -0.359 e. The van der Waals surface area contributed by atoms with Gasteiger partial charge in [-0.1, -0.05) is 36.9 Å². The molecule has 22 heavy (non-hydrogen) atoms. The minimum atomic E-state index is -0.935. The molecule has 1 aliphatic rings. The quantitative estimate of drug-likeness (QED) is 0.834. The van der Waals surface area contributed by atoms with Gasteiger partial charge in [0.2, 0.25) is 0 Å². The van der Waals surface area contributed by atoms with Crippen molar-refractivity contribution in [2.24, 2.45) is 0 Å². The summed E-state index contributed by atoms with van der Waals surface area (Å²) in [6, 6.07) is 10.7. The van der Waals surface area contributed by atoms with Crippen LogP contribution in [-0.4, -0.2) is 0 Å². The summed E-state index contributed by atoms with van der Waals surface area (Å²) in [6.07, 6.45) is 1.29. The summed E-state index contributed by atoms with van der Waals surface area (Å²) in [4.78, 5) is 0. The van der Waals surface area contributed by atoms with Crippen molar-refractivity contribution in [1.82, 2.24) is 5.32 Å². The highest BCUT2D eigenvalue weighted by molar-refractivity contribution is 5.92. The molecule has 3 rings (SSSR count). The molecule has 1 heterocycles. The second kappa shape index (κ2) is 5.72. The van der Waals surface area contributed by atoms with E-state index in [0.717, 1.165) is 11.1 Å². The van der Waals surface area contributed by atoms with Crippen LogP contribution >= 0.6 is 0 Å². The van der Waals surface area contributed by atoms with Gasteiger partial charge in [0.1, 0.15) is 17.5 Å². The minimum absolute atomic E-state index is 0.249. The van der Waals surface area contributed by atoms with Crippen molar-refractivity contribution in [3.8, 4) is 0 Å². The number of nitrogens with one attached hydrogen (secondary N) is 1. The Balaban J connectivity index is 2.23. The van der Waals surface area contributed by atoms with Gasteiger partial charge < -0.3 is 5.32 Å². The lowest BCUT2D eigenvalue weighted by molar-refractivity contribution is 0.537. The molecule has 0 aliphatic carbocycles. The number of rotatable bonds is 2. The molecular weight excluding hydrogens is 287 g/mol. The molecule has 0 radical (unpaired) electrons. The van der Waals surface area contributed by atoms with Crippen LogP contribution in [0.25, 0.3) is 11.3 Å². The predicted octanol–water partition coefficient (Wildman–Crippen LogP) is 4.87. The lowest BCUT2D eigenvalue weighted by Crippen LogP contribution is -2.20. The second-order valence-electron chi connectivity index (χ2n) is 5.19. The molecule has 1 aliphatic heterocycles. The molecule has 4 heteroatoms. The highest BCUT2D eigenvalue weighted by Crippen LogP contribution is 2.35. The standard InChI is InChI=1S/C18H14F3N/c1-11-7-8-14(12-5-3-2-4-6-12)18(22-11)17-15(20)9-13(19)10-16(17)21/h2-6,9-10,22H,1,7-8H2. The lowest BCUT2D eigenvalue weighted by Gasteiger charge is -2.25. The SMILES string of the molecule is C=C1CCC(c2ccccc2)=C(c2c(F)cc(F)cc2F)N1. The summed E-state index contributed by atoms with van der Waals surface area (Å²) in [5, 5.41) is 2.97. The maximum atomic E-state index is 14.1. The molecular formula is C18H14F3N. The van der Waals surface area contributed by atoms with Crippen LogP contribution in [0.5, 0.6) is 0 Å². The zero-order valence-corrected chi connectivity index (χ0v) is 11.8. The Labute approximate surface area is 126 Å². The summed E-state index contributed by atoms with van der Waals surface area (Å²) in [5.74, 6) is -2.79. The van der Waals surface area contributed by atoms with Crippen LogP contribution in [0.3, 0.4) is 0 Å². The van der Waals surface area contributed by atoms with Crippen LogP contribution in [0.4, 0.5) is 13.2 Å². The van der Waals surface area contributed by atoms with Crippen LogP contribution in [0.1, 0.15) is 24.0 Å². The van der Waals surface area contributed by atoms with Crippen molar-refractivity contribution >= 4 is 11.3 Å². The van der Waals surface area contributed by atoms with Gasteiger partial charge in [0.15, 0.2) is 0 Å². The van der Waals surface area contributed by atoms with Gasteiger partial charge in [-0.25, -0.2) is 13.2 Å². The van der Waals surface area contributed by atoms with E-state index in [1.54, 1.807) is 0 Å². The number of allylic oxidation sites excluding steroid dienone is 2. The summed E-state index contributed by atoms with van der Waals surface area (Å²) in [5.41, 5.74) is 2.41. The molecule has 1 nitrogen and oxygen atoms in total. The fourth-order valence-corrected chi connectivity index (χ4v) is 2.64. The van der Waals surface area contributed by atoms with Gasteiger partial charge in [0, 0.05) is 17.8 Å². The Morgan fingerprint density at radius 1 is 0.909 bits per heavy atom. The van der Waals surface area contributed by atoms with E-state index >= 15 is 0 Å². The second-order valence-corrected chi connectivity index (χ2v) is 5.19. The summed E-state index contributed by atoms with van der Waals surface area (Å²) in [6.45, 7) is 3.83. The summed E-state index contributed by atoms with van der Waals surface area (Å²) >= 11 is 0. The van der Waals surface area contributed by atoms with Crippen molar-refractivity contribution in [3.63, 3.8) is 0 Å². The normalized spacial score (nSPS) is 15.0. The Kier molecular flexibility index (Phi) is 3.75. The van der Waals surface area contributed by atoms with E-state index in [0.29, 0.717) is 36.4 Å². The van der Waals surface area contributed by atoms with Gasteiger partial charge in [-0.2, -0.15) is 0 Å². The molecule has 0 bridgehead atoms. The van der Waals surface area contributed by atoms with Crippen LogP contribution < -0.4 is 5.32 Å². The molecule has 112 valence electrons. The Morgan fingerprint density at radius 3 is 2.18 bits per heavy atom. The van der Waals surface area contributed by atoms with Gasteiger partial charge in [0.25, 0.3) is 0 Å². The highest BCUT2D eigenvalue weighted by Gasteiger charge is 2.23. The number of hydrogen-bond acceptors (Lipinski definition) is 1. The van der Waals surface area contributed by atoms with Gasteiger partial charge in [-0.15, -0.1) is 0 Å². The van der Waals surface area contributed by atoms with E-state index in [4.69, 9.17) is 0 Å². The largest absolute Gasteiger partial charge is 0.359 e. The fourth-order valence-electron chi connectivity index (χ4n) is 2.64. The Morgan fingerprint density at radius 2 is 1.55 bits per heavy atom. The van der Waals surface area contributed by atoms with E-state index in [9.17, 15) is 13.2 Å². The van der Waals surface area contributed by atoms with E-state index in [1.165, 1.54) is 0 Å². The maximum absolute atomic E-state index is 14.1. The van der Waals surface area contributed by atoms with Crippen molar-refractivity contribution in [2.45, 2.75) is 12.8 Å².